The first kappa shape index (κ1) is 16.1. The van der Waals surface area contributed by atoms with E-state index in [1.165, 1.54) is 0 Å². The van der Waals surface area contributed by atoms with E-state index in [1.54, 1.807) is 0 Å². The Balaban J connectivity index is -0.0000000800. The van der Waals surface area contributed by atoms with Crippen molar-refractivity contribution >= 4 is 70.7 Å². The maximum Gasteiger partial charge on any atom is 3.00 e. The molecule has 0 bridgehead atoms. The van der Waals surface area contributed by atoms with Gasteiger partial charge in [-0.05, 0) is 0 Å². The van der Waals surface area contributed by atoms with Crippen LogP contribution >= 0.6 is 7.82 Å². The molecule has 0 aliphatic rings. The quantitative estimate of drug-likeness (QED) is 0.305. The maximum atomic E-state index is 8.55. The predicted molar refractivity (Wildman–Crippen MR) is 19.1 cm³/mol. The van der Waals surface area contributed by atoms with Crippen molar-refractivity contribution in [2.75, 3.05) is 0 Å². The molecule has 7 heavy (non-hydrogen) atoms. The Hall–Kier alpha value is 2.12. The van der Waals surface area contributed by atoms with Crippen LogP contribution in [0.15, 0.2) is 0 Å². The van der Waals surface area contributed by atoms with Crippen molar-refractivity contribution < 1.29 is 19.2 Å². The van der Waals surface area contributed by atoms with Gasteiger partial charge in [-0.1, -0.05) is 0 Å². The van der Waals surface area contributed by atoms with Crippen LogP contribution in [0.5, 0.6) is 0 Å². The first-order chi connectivity index (χ1) is 2.00. The molecule has 0 spiro atoms. The van der Waals surface area contributed by atoms with Gasteiger partial charge in [0.1, 0.15) is 0 Å². The largest absolute Gasteiger partial charge is 3.00 e. The van der Waals surface area contributed by atoms with Crippen molar-refractivity contribution in [3.63, 3.8) is 0 Å². The summed E-state index contributed by atoms with van der Waals surface area (Å²) in [5.74, 6) is 0. The van der Waals surface area contributed by atoms with Gasteiger partial charge in [0.15, 0.2) is 0 Å². The van der Waals surface area contributed by atoms with Gasteiger partial charge < -0.3 is 19.2 Å². The Morgan fingerprint density at radius 1 is 1.14 bits per heavy atom. The molecule has 0 saturated heterocycles. The van der Waals surface area contributed by atoms with E-state index in [0.717, 1.165) is 0 Å². The van der Waals surface area contributed by atoms with Gasteiger partial charge >= 0.3 is 62.8 Å². The average molecular weight is 210 g/mol. The summed E-state index contributed by atoms with van der Waals surface area (Å²) in [6.45, 7) is 0. The molecule has 0 fully saturated rings. The van der Waals surface area contributed by atoms with Gasteiger partial charge in [-0.2, -0.15) is 7.82 Å². The summed E-state index contributed by atoms with van der Waals surface area (Å²) in [5.41, 5.74) is 0. The third-order valence-corrected chi connectivity index (χ3v) is 0. The molecule has 0 N–H and O–H groups in total. The molecule has 0 rings (SSSR count). The van der Waals surface area contributed by atoms with Crippen LogP contribution in [0.25, 0.3) is 0 Å². The molecular formula is AlO4PSr+2. The topological polar surface area (TPSA) is 86.2 Å². The van der Waals surface area contributed by atoms with E-state index >= 15 is 0 Å². The van der Waals surface area contributed by atoms with Gasteiger partial charge in [-0.15, -0.1) is 0 Å². The van der Waals surface area contributed by atoms with E-state index in [9.17, 15) is 0 Å². The minimum atomic E-state index is -5.39. The molecular weight excluding hydrogens is 210 g/mol. The second-order valence-electron chi connectivity index (χ2n) is 0.447. The molecule has 0 aromatic carbocycles. The molecule has 0 atom stereocenters. The Labute approximate surface area is 88.6 Å². The number of phosphoric acid groups is 1. The maximum absolute atomic E-state index is 8.55. The number of hydrogen-bond donors (Lipinski definition) is 0. The molecule has 0 saturated carbocycles. The summed E-state index contributed by atoms with van der Waals surface area (Å²) in [4.78, 5) is 25.6. The summed E-state index contributed by atoms with van der Waals surface area (Å²) in [7, 11) is -5.39. The zero-order chi connectivity index (χ0) is 4.50. The van der Waals surface area contributed by atoms with Crippen molar-refractivity contribution in [3.05, 3.63) is 0 Å². The van der Waals surface area contributed by atoms with E-state index in [1.807, 2.05) is 0 Å². The smallest absolute Gasteiger partial charge is 0.822 e. The van der Waals surface area contributed by atoms with Crippen LogP contribution in [0.3, 0.4) is 0 Å². The van der Waals surface area contributed by atoms with Crippen LogP contribution < -0.4 is 14.7 Å². The van der Waals surface area contributed by atoms with Gasteiger partial charge in [0.2, 0.25) is 0 Å². The predicted octanol–water partition coefficient (Wildman–Crippen LogP) is -3.59. The molecule has 32 valence electrons. The summed E-state index contributed by atoms with van der Waals surface area (Å²) in [6.07, 6.45) is 0. The molecule has 4 nitrogen and oxygen atoms in total. The van der Waals surface area contributed by atoms with Crippen molar-refractivity contribution in [1.29, 1.82) is 0 Å². The van der Waals surface area contributed by atoms with E-state index < -0.39 is 7.82 Å². The Kier molecular flexibility index (Phi) is 14.3. The standard InChI is InChI=1S/Al.H3O4P.Sr/c;1-5(2,3)4;/h;(H3,1,2,3,4);/q+3;;+2/p-3. The molecule has 0 radical (unpaired) electrons. The number of rotatable bonds is 0. The molecule has 0 aliphatic heterocycles. The van der Waals surface area contributed by atoms with Crippen LogP contribution in [0.1, 0.15) is 0 Å². The Bertz CT molecular complexity index is 57.8. The van der Waals surface area contributed by atoms with Crippen molar-refractivity contribution in [2.24, 2.45) is 0 Å². The summed E-state index contributed by atoms with van der Waals surface area (Å²) in [6, 6.07) is 0. The Morgan fingerprint density at radius 2 is 1.14 bits per heavy atom. The normalized spacial score (nSPS) is 8.43. The van der Waals surface area contributed by atoms with Gasteiger partial charge in [-0.25, -0.2) is 0 Å². The van der Waals surface area contributed by atoms with Gasteiger partial charge in [0, 0.05) is 0 Å². The van der Waals surface area contributed by atoms with Crippen LogP contribution in [-0.2, 0) is 4.57 Å². The van der Waals surface area contributed by atoms with Crippen molar-refractivity contribution in [3.8, 4) is 0 Å². The van der Waals surface area contributed by atoms with E-state index in [2.05, 4.69) is 0 Å². The van der Waals surface area contributed by atoms with Gasteiger partial charge in [0.25, 0.3) is 0 Å². The third kappa shape index (κ3) is 67.6. The van der Waals surface area contributed by atoms with Gasteiger partial charge in [0.05, 0.1) is 0 Å². The second-order valence-corrected chi connectivity index (χ2v) is 1.34. The van der Waals surface area contributed by atoms with Crippen molar-refractivity contribution in [2.45, 2.75) is 0 Å². The van der Waals surface area contributed by atoms with Crippen LogP contribution in [-0.4, -0.2) is 62.8 Å². The number of hydrogen-bond acceptors (Lipinski definition) is 4. The first-order valence-electron chi connectivity index (χ1n) is 0.730. The third-order valence-electron chi connectivity index (χ3n) is 0. The fourth-order valence-corrected chi connectivity index (χ4v) is 0. The first-order valence-corrected chi connectivity index (χ1v) is 2.19. The van der Waals surface area contributed by atoms with Crippen LogP contribution in [0.4, 0.5) is 0 Å². The molecule has 0 heterocycles. The van der Waals surface area contributed by atoms with E-state index in [4.69, 9.17) is 19.2 Å². The molecule has 0 aliphatic carbocycles. The molecule has 0 unspecified atom stereocenters. The molecule has 0 aromatic heterocycles. The average Bonchev–Trinajstić information content (AvgIpc) is 0.722. The fraction of sp³-hybridized carbons (Fsp3) is 0. The summed E-state index contributed by atoms with van der Waals surface area (Å²) < 4.78 is 8.55. The minimum absolute atomic E-state index is 0. The Morgan fingerprint density at radius 3 is 1.14 bits per heavy atom. The van der Waals surface area contributed by atoms with Crippen LogP contribution in [0.2, 0.25) is 0 Å². The molecule has 7 heteroatoms. The van der Waals surface area contributed by atoms with E-state index in [0.29, 0.717) is 0 Å². The zero-order valence-electron chi connectivity index (χ0n) is 3.36. The zero-order valence-corrected chi connectivity index (χ0v) is 8.89. The van der Waals surface area contributed by atoms with Crippen LogP contribution in [0, 0.1) is 0 Å². The monoisotopic (exact) mass is 210 g/mol. The molecule has 0 amide bonds. The summed E-state index contributed by atoms with van der Waals surface area (Å²) >= 11 is 0. The van der Waals surface area contributed by atoms with Crippen molar-refractivity contribution in [1.82, 2.24) is 0 Å². The van der Waals surface area contributed by atoms with E-state index in [-0.39, 0.29) is 62.8 Å². The second kappa shape index (κ2) is 6.25. The minimum Gasteiger partial charge on any atom is -0.822 e. The SMILES string of the molecule is O=P([O-])([O-])[O-].[Al+3].[Sr+2]. The summed E-state index contributed by atoms with van der Waals surface area (Å²) in [5, 5.41) is 0. The molecule has 0 aromatic rings. The fourth-order valence-electron chi connectivity index (χ4n) is 0. The van der Waals surface area contributed by atoms with Gasteiger partial charge in [-0.3, -0.25) is 0 Å².